The third kappa shape index (κ3) is 4.01. The summed E-state index contributed by atoms with van der Waals surface area (Å²) < 4.78 is 5.88. The zero-order valence-corrected chi connectivity index (χ0v) is 13.9. The number of amides is 1. The van der Waals surface area contributed by atoms with E-state index in [1.54, 1.807) is 0 Å². The number of carbonyl (C=O) groups excluding carboxylic acids is 1. The van der Waals surface area contributed by atoms with Gasteiger partial charge in [0.1, 0.15) is 5.75 Å². The molecule has 2 atom stereocenters. The molecule has 2 unspecified atom stereocenters. The number of piperidine rings is 1. The molecule has 0 aromatic heterocycles. The molecule has 0 radical (unpaired) electrons. The van der Waals surface area contributed by atoms with Gasteiger partial charge in [-0.3, -0.25) is 4.79 Å². The summed E-state index contributed by atoms with van der Waals surface area (Å²) in [4.78, 5) is 14.5. The van der Waals surface area contributed by atoms with Crippen molar-refractivity contribution in [1.29, 1.82) is 0 Å². The van der Waals surface area contributed by atoms with Crippen molar-refractivity contribution in [2.24, 2.45) is 5.73 Å². The molecule has 0 bridgehead atoms. The maximum absolute atomic E-state index is 12.6. The minimum absolute atomic E-state index is 0.0464. The quantitative estimate of drug-likeness (QED) is 0.910. The van der Waals surface area contributed by atoms with E-state index in [4.69, 9.17) is 10.5 Å². The standard InChI is InChI=1S/C18H28N2O2/c1-13(2)15-7-6-9-17(11-15)22-14(3)18(21)20-10-5-4-8-16(20)12-19/h6-7,9,11,13-14,16H,4-5,8,10,12,19H2,1-3H3. The minimum Gasteiger partial charge on any atom is -0.481 e. The van der Waals surface area contributed by atoms with E-state index in [0.29, 0.717) is 12.5 Å². The van der Waals surface area contributed by atoms with Crippen molar-refractivity contribution >= 4 is 5.91 Å². The van der Waals surface area contributed by atoms with Crippen molar-refractivity contribution in [3.63, 3.8) is 0 Å². The highest BCUT2D eigenvalue weighted by molar-refractivity contribution is 5.81. The number of nitrogens with zero attached hydrogens (tertiary/aromatic N) is 1. The van der Waals surface area contributed by atoms with Crippen molar-refractivity contribution < 1.29 is 9.53 Å². The first-order valence-electron chi connectivity index (χ1n) is 8.30. The summed E-state index contributed by atoms with van der Waals surface area (Å²) in [6.07, 6.45) is 2.72. The largest absolute Gasteiger partial charge is 0.481 e. The van der Waals surface area contributed by atoms with Crippen LogP contribution in [0.15, 0.2) is 24.3 Å². The van der Waals surface area contributed by atoms with Gasteiger partial charge in [-0.15, -0.1) is 0 Å². The van der Waals surface area contributed by atoms with Crippen LogP contribution in [0.3, 0.4) is 0 Å². The Balaban J connectivity index is 2.03. The lowest BCUT2D eigenvalue weighted by molar-refractivity contribution is -0.141. The molecule has 2 N–H and O–H groups in total. The van der Waals surface area contributed by atoms with Crippen LogP contribution in [-0.4, -0.2) is 36.0 Å². The Morgan fingerprint density at radius 1 is 1.36 bits per heavy atom. The Labute approximate surface area is 133 Å². The van der Waals surface area contributed by atoms with Crippen molar-refractivity contribution in [1.82, 2.24) is 4.90 Å². The summed E-state index contributed by atoms with van der Waals surface area (Å²) in [7, 11) is 0. The number of likely N-dealkylation sites (tertiary alicyclic amines) is 1. The van der Waals surface area contributed by atoms with Crippen LogP contribution in [0.5, 0.6) is 5.75 Å². The average molecular weight is 304 g/mol. The Bertz CT molecular complexity index is 502. The van der Waals surface area contributed by atoms with Gasteiger partial charge in [0.15, 0.2) is 6.10 Å². The maximum atomic E-state index is 12.6. The smallest absolute Gasteiger partial charge is 0.263 e. The summed E-state index contributed by atoms with van der Waals surface area (Å²) in [5, 5.41) is 0. The number of ether oxygens (including phenoxy) is 1. The van der Waals surface area contributed by atoms with Gasteiger partial charge < -0.3 is 15.4 Å². The lowest BCUT2D eigenvalue weighted by Gasteiger charge is -2.36. The summed E-state index contributed by atoms with van der Waals surface area (Å²) in [5.41, 5.74) is 7.02. The summed E-state index contributed by atoms with van der Waals surface area (Å²) in [6, 6.07) is 8.15. The predicted octanol–water partition coefficient (Wildman–Crippen LogP) is 2.92. The molecule has 1 heterocycles. The van der Waals surface area contributed by atoms with E-state index < -0.39 is 6.10 Å². The Kier molecular flexibility index (Phi) is 5.83. The number of carbonyl (C=O) groups is 1. The van der Waals surface area contributed by atoms with Crippen molar-refractivity contribution in [2.45, 2.75) is 58.1 Å². The van der Waals surface area contributed by atoms with Crippen LogP contribution >= 0.6 is 0 Å². The monoisotopic (exact) mass is 304 g/mol. The van der Waals surface area contributed by atoms with E-state index in [9.17, 15) is 4.79 Å². The Morgan fingerprint density at radius 2 is 2.14 bits per heavy atom. The molecule has 4 heteroatoms. The molecule has 0 aliphatic carbocycles. The van der Waals surface area contributed by atoms with Gasteiger partial charge >= 0.3 is 0 Å². The molecule has 0 saturated carbocycles. The fourth-order valence-electron chi connectivity index (χ4n) is 2.97. The molecule has 2 rings (SSSR count). The van der Waals surface area contributed by atoms with Gasteiger partial charge in [-0.25, -0.2) is 0 Å². The highest BCUT2D eigenvalue weighted by Gasteiger charge is 2.29. The molecule has 1 aliphatic rings. The van der Waals surface area contributed by atoms with E-state index in [-0.39, 0.29) is 11.9 Å². The molecule has 0 spiro atoms. The van der Waals surface area contributed by atoms with Crippen LogP contribution in [0, 0.1) is 0 Å². The highest BCUT2D eigenvalue weighted by atomic mass is 16.5. The van der Waals surface area contributed by atoms with Crippen LogP contribution in [0.1, 0.15) is 51.5 Å². The predicted molar refractivity (Wildman–Crippen MR) is 89.0 cm³/mol. The van der Waals surface area contributed by atoms with E-state index in [0.717, 1.165) is 31.6 Å². The van der Waals surface area contributed by atoms with Gasteiger partial charge in [-0.1, -0.05) is 26.0 Å². The number of hydrogen-bond acceptors (Lipinski definition) is 3. The van der Waals surface area contributed by atoms with Crippen molar-refractivity contribution in [3.8, 4) is 5.75 Å². The summed E-state index contributed by atoms with van der Waals surface area (Å²) >= 11 is 0. The molecule has 4 nitrogen and oxygen atoms in total. The molecule has 22 heavy (non-hydrogen) atoms. The second-order valence-electron chi connectivity index (χ2n) is 6.40. The molecule has 1 aliphatic heterocycles. The van der Waals surface area contributed by atoms with Crippen LogP contribution in [0.2, 0.25) is 0 Å². The molecule has 1 aromatic rings. The van der Waals surface area contributed by atoms with Gasteiger partial charge in [0.05, 0.1) is 0 Å². The van der Waals surface area contributed by atoms with Gasteiger partial charge in [0.25, 0.3) is 5.91 Å². The van der Waals surface area contributed by atoms with E-state index in [1.165, 1.54) is 5.56 Å². The van der Waals surface area contributed by atoms with Gasteiger partial charge in [0.2, 0.25) is 0 Å². The molecule has 1 fully saturated rings. The van der Waals surface area contributed by atoms with Crippen LogP contribution in [-0.2, 0) is 4.79 Å². The third-order valence-corrected chi connectivity index (χ3v) is 4.37. The van der Waals surface area contributed by atoms with E-state index in [1.807, 2.05) is 30.0 Å². The lowest BCUT2D eigenvalue weighted by atomic mass is 10.0. The maximum Gasteiger partial charge on any atom is 0.263 e. The number of nitrogens with two attached hydrogens (primary N) is 1. The normalized spacial score (nSPS) is 20.0. The zero-order valence-electron chi connectivity index (χ0n) is 13.9. The van der Waals surface area contributed by atoms with Crippen LogP contribution in [0.4, 0.5) is 0 Å². The Hall–Kier alpha value is -1.55. The molecule has 1 amide bonds. The average Bonchev–Trinajstić information content (AvgIpc) is 2.54. The van der Waals surface area contributed by atoms with Gasteiger partial charge in [0, 0.05) is 19.1 Å². The molecular formula is C18H28N2O2. The van der Waals surface area contributed by atoms with E-state index in [2.05, 4.69) is 19.9 Å². The molecule has 1 saturated heterocycles. The van der Waals surface area contributed by atoms with Gasteiger partial charge in [-0.05, 0) is 49.8 Å². The molecule has 122 valence electrons. The fraction of sp³-hybridized carbons (Fsp3) is 0.611. The van der Waals surface area contributed by atoms with Crippen molar-refractivity contribution in [2.75, 3.05) is 13.1 Å². The molecular weight excluding hydrogens is 276 g/mol. The van der Waals surface area contributed by atoms with Crippen molar-refractivity contribution in [3.05, 3.63) is 29.8 Å². The number of hydrogen-bond donors (Lipinski definition) is 1. The first kappa shape index (κ1) is 16.8. The lowest BCUT2D eigenvalue weighted by Crippen LogP contribution is -2.51. The third-order valence-electron chi connectivity index (χ3n) is 4.37. The van der Waals surface area contributed by atoms with E-state index >= 15 is 0 Å². The first-order chi connectivity index (χ1) is 10.5. The zero-order chi connectivity index (χ0) is 16.1. The summed E-state index contributed by atoms with van der Waals surface area (Å²) in [6.45, 7) is 7.44. The topological polar surface area (TPSA) is 55.6 Å². The van der Waals surface area contributed by atoms with Crippen LogP contribution < -0.4 is 10.5 Å². The summed E-state index contributed by atoms with van der Waals surface area (Å²) in [5.74, 6) is 1.25. The van der Waals surface area contributed by atoms with Gasteiger partial charge in [-0.2, -0.15) is 0 Å². The van der Waals surface area contributed by atoms with Crippen LogP contribution in [0.25, 0.3) is 0 Å². The fourth-order valence-corrected chi connectivity index (χ4v) is 2.97. The second-order valence-corrected chi connectivity index (χ2v) is 6.40. The first-order valence-corrected chi connectivity index (χ1v) is 8.30. The Morgan fingerprint density at radius 3 is 2.82 bits per heavy atom. The number of rotatable bonds is 5. The number of benzene rings is 1. The second kappa shape index (κ2) is 7.63. The SMILES string of the molecule is CC(Oc1cccc(C(C)C)c1)C(=O)N1CCCCC1CN. The molecule has 1 aromatic carbocycles. The highest BCUT2D eigenvalue weighted by Crippen LogP contribution is 2.22. The minimum atomic E-state index is -0.477.